The lowest BCUT2D eigenvalue weighted by Crippen LogP contribution is -2.08. The molecule has 0 bridgehead atoms. The van der Waals surface area contributed by atoms with Crippen LogP contribution in [0.1, 0.15) is 10.5 Å². The summed E-state index contributed by atoms with van der Waals surface area (Å²) in [5.74, 6) is -0.0688. The number of rotatable bonds is 2. The molecule has 1 heterocycles. The zero-order chi connectivity index (χ0) is 10.7. The number of hydrogen-bond acceptors (Lipinski definition) is 5. The second-order valence-electron chi connectivity index (χ2n) is 2.82. The van der Waals surface area contributed by atoms with E-state index >= 15 is 0 Å². The first kappa shape index (κ1) is 9.26. The molecule has 0 radical (unpaired) electrons. The van der Waals surface area contributed by atoms with Crippen LogP contribution >= 0.6 is 0 Å². The van der Waals surface area contributed by atoms with Gasteiger partial charge in [-0.05, 0) is 12.1 Å². The number of nitrogens with zero attached hydrogens (tertiary/aromatic N) is 1. The largest absolute Gasteiger partial charge is 0.422 e. The van der Waals surface area contributed by atoms with Gasteiger partial charge in [-0.3, -0.25) is 0 Å². The SMILES string of the molecule is Nc1cc(C(=O)Oc2ccccc2)no1. The van der Waals surface area contributed by atoms with Crippen LogP contribution in [0.5, 0.6) is 5.75 Å². The molecule has 0 saturated heterocycles. The number of carbonyl (C=O) groups excluding carboxylic acids is 1. The molecule has 1 aromatic carbocycles. The average molecular weight is 204 g/mol. The normalized spacial score (nSPS) is 9.87. The van der Waals surface area contributed by atoms with Crippen LogP contribution in [0, 0.1) is 0 Å². The Labute approximate surface area is 85.4 Å². The van der Waals surface area contributed by atoms with Gasteiger partial charge in [-0.1, -0.05) is 23.4 Å². The third-order valence-electron chi connectivity index (χ3n) is 1.69. The fraction of sp³-hybridized carbons (Fsp3) is 0. The van der Waals surface area contributed by atoms with Crippen molar-refractivity contribution in [3.8, 4) is 5.75 Å². The van der Waals surface area contributed by atoms with Gasteiger partial charge in [-0.25, -0.2) is 4.79 Å². The predicted octanol–water partition coefficient (Wildman–Crippen LogP) is 1.48. The highest BCUT2D eigenvalue weighted by molar-refractivity contribution is 5.89. The summed E-state index contributed by atoms with van der Waals surface area (Å²) in [5.41, 5.74) is 5.33. The van der Waals surface area contributed by atoms with Gasteiger partial charge in [-0.2, -0.15) is 0 Å². The minimum atomic E-state index is -0.596. The van der Waals surface area contributed by atoms with Crippen LogP contribution in [0.15, 0.2) is 40.9 Å². The minimum Gasteiger partial charge on any atom is -0.422 e. The van der Waals surface area contributed by atoms with Gasteiger partial charge in [0.2, 0.25) is 5.88 Å². The Morgan fingerprint density at radius 3 is 2.67 bits per heavy atom. The quantitative estimate of drug-likeness (QED) is 0.592. The smallest absolute Gasteiger partial charge is 0.366 e. The molecule has 2 N–H and O–H groups in total. The van der Waals surface area contributed by atoms with Gasteiger partial charge in [0.1, 0.15) is 5.75 Å². The van der Waals surface area contributed by atoms with Crippen LogP contribution in [0.2, 0.25) is 0 Å². The summed E-state index contributed by atoms with van der Waals surface area (Å²) in [6.45, 7) is 0. The van der Waals surface area contributed by atoms with Crippen LogP contribution in [0.3, 0.4) is 0 Å². The molecule has 0 atom stereocenters. The molecule has 0 aliphatic carbocycles. The van der Waals surface area contributed by atoms with E-state index in [1.165, 1.54) is 6.07 Å². The summed E-state index contributed by atoms with van der Waals surface area (Å²) < 4.78 is 9.55. The average Bonchev–Trinajstić information content (AvgIpc) is 2.66. The van der Waals surface area contributed by atoms with Crippen LogP contribution in [0.25, 0.3) is 0 Å². The van der Waals surface area contributed by atoms with Crippen molar-refractivity contribution >= 4 is 11.9 Å². The lowest BCUT2D eigenvalue weighted by atomic mass is 10.3. The highest BCUT2D eigenvalue weighted by Gasteiger charge is 2.13. The van der Waals surface area contributed by atoms with E-state index in [1.807, 2.05) is 6.07 Å². The molecule has 0 aliphatic rings. The van der Waals surface area contributed by atoms with E-state index in [1.54, 1.807) is 24.3 Å². The maximum absolute atomic E-state index is 11.4. The van der Waals surface area contributed by atoms with Gasteiger partial charge in [0.15, 0.2) is 5.69 Å². The topological polar surface area (TPSA) is 78.4 Å². The number of aromatic nitrogens is 1. The number of hydrogen-bond donors (Lipinski definition) is 1. The summed E-state index contributed by atoms with van der Waals surface area (Å²) in [6.07, 6.45) is 0. The molecular formula is C10H8N2O3. The fourth-order valence-corrected chi connectivity index (χ4v) is 1.03. The third kappa shape index (κ3) is 2.14. The van der Waals surface area contributed by atoms with Crippen LogP contribution in [-0.4, -0.2) is 11.1 Å². The number of carbonyl (C=O) groups is 1. The standard InChI is InChI=1S/C10H8N2O3/c11-9-6-8(12-15-9)10(13)14-7-4-2-1-3-5-7/h1-6H,11H2. The summed E-state index contributed by atoms with van der Waals surface area (Å²) in [5, 5.41) is 3.44. The van der Waals surface area contributed by atoms with Gasteiger partial charge in [-0.15, -0.1) is 0 Å². The Bertz CT molecular complexity index is 465. The van der Waals surface area contributed by atoms with E-state index < -0.39 is 5.97 Å². The number of anilines is 1. The van der Waals surface area contributed by atoms with Crippen molar-refractivity contribution in [2.45, 2.75) is 0 Å². The van der Waals surface area contributed by atoms with E-state index in [-0.39, 0.29) is 11.6 Å². The second-order valence-corrected chi connectivity index (χ2v) is 2.82. The first-order chi connectivity index (χ1) is 7.25. The van der Waals surface area contributed by atoms with Gasteiger partial charge in [0, 0.05) is 6.07 Å². The summed E-state index contributed by atoms with van der Waals surface area (Å²) in [7, 11) is 0. The van der Waals surface area contributed by atoms with Crippen molar-refractivity contribution in [1.29, 1.82) is 0 Å². The van der Waals surface area contributed by atoms with Crippen LogP contribution < -0.4 is 10.5 Å². The highest BCUT2D eigenvalue weighted by Crippen LogP contribution is 2.12. The molecule has 15 heavy (non-hydrogen) atoms. The Hall–Kier alpha value is -2.30. The highest BCUT2D eigenvalue weighted by atomic mass is 16.5. The first-order valence-corrected chi connectivity index (χ1v) is 4.25. The molecule has 0 unspecified atom stereocenters. The number of nitrogens with two attached hydrogens (primary N) is 1. The predicted molar refractivity (Wildman–Crippen MR) is 52.3 cm³/mol. The molecule has 5 heteroatoms. The lowest BCUT2D eigenvalue weighted by Gasteiger charge is -1.99. The third-order valence-corrected chi connectivity index (χ3v) is 1.69. The van der Waals surface area contributed by atoms with Crippen molar-refractivity contribution in [3.63, 3.8) is 0 Å². The van der Waals surface area contributed by atoms with E-state index in [0.29, 0.717) is 5.75 Å². The Kier molecular flexibility index (Phi) is 2.37. The number of nitrogen functional groups attached to an aromatic ring is 1. The first-order valence-electron chi connectivity index (χ1n) is 4.25. The van der Waals surface area contributed by atoms with Gasteiger partial charge in [0.25, 0.3) is 0 Å². The van der Waals surface area contributed by atoms with Gasteiger partial charge >= 0.3 is 5.97 Å². The van der Waals surface area contributed by atoms with Gasteiger partial charge in [0.05, 0.1) is 0 Å². The van der Waals surface area contributed by atoms with Crippen molar-refractivity contribution in [1.82, 2.24) is 5.16 Å². The van der Waals surface area contributed by atoms with E-state index in [0.717, 1.165) is 0 Å². The molecule has 0 amide bonds. The summed E-state index contributed by atoms with van der Waals surface area (Å²) >= 11 is 0. The zero-order valence-electron chi connectivity index (χ0n) is 7.71. The zero-order valence-corrected chi connectivity index (χ0v) is 7.71. The van der Waals surface area contributed by atoms with E-state index in [9.17, 15) is 4.79 Å². The molecule has 5 nitrogen and oxygen atoms in total. The number of benzene rings is 1. The van der Waals surface area contributed by atoms with E-state index in [2.05, 4.69) is 9.68 Å². The molecular weight excluding hydrogens is 196 g/mol. The molecule has 2 rings (SSSR count). The number of para-hydroxylation sites is 1. The molecule has 0 aliphatic heterocycles. The van der Waals surface area contributed by atoms with Crippen molar-refractivity contribution in [2.24, 2.45) is 0 Å². The molecule has 76 valence electrons. The van der Waals surface area contributed by atoms with Crippen molar-refractivity contribution in [2.75, 3.05) is 5.73 Å². The summed E-state index contributed by atoms with van der Waals surface area (Å²) in [6, 6.07) is 10.00. The maximum Gasteiger partial charge on any atom is 0.366 e. The molecule has 1 aromatic heterocycles. The minimum absolute atomic E-state index is 0.0522. The van der Waals surface area contributed by atoms with Crippen LogP contribution in [0.4, 0.5) is 5.88 Å². The Balaban J connectivity index is 2.11. The van der Waals surface area contributed by atoms with Crippen LogP contribution in [-0.2, 0) is 0 Å². The fourth-order valence-electron chi connectivity index (χ4n) is 1.03. The monoisotopic (exact) mass is 204 g/mol. The van der Waals surface area contributed by atoms with Gasteiger partial charge < -0.3 is 15.0 Å². The Morgan fingerprint density at radius 2 is 2.07 bits per heavy atom. The van der Waals surface area contributed by atoms with Crippen molar-refractivity contribution < 1.29 is 14.1 Å². The Morgan fingerprint density at radius 1 is 1.33 bits per heavy atom. The lowest BCUT2D eigenvalue weighted by molar-refractivity contribution is 0.0724. The molecule has 0 spiro atoms. The summed E-state index contributed by atoms with van der Waals surface area (Å²) in [4.78, 5) is 11.4. The maximum atomic E-state index is 11.4. The number of esters is 1. The molecule has 2 aromatic rings. The second kappa shape index (κ2) is 3.83. The van der Waals surface area contributed by atoms with E-state index in [4.69, 9.17) is 10.5 Å². The van der Waals surface area contributed by atoms with Crippen molar-refractivity contribution in [3.05, 3.63) is 42.1 Å². The molecule has 0 fully saturated rings. The number of ether oxygens (including phenoxy) is 1. The molecule has 0 saturated carbocycles.